The highest BCUT2D eigenvalue weighted by atomic mass is 32.2. The summed E-state index contributed by atoms with van der Waals surface area (Å²) in [6.07, 6.45) is -3.71. The number of halogens is 3. The molecule has 1 heterocycles. The minimum absolute atomic E-state index is 0.144. The van der Waals surface area contributed by atoms with E-state index in [1.54, 1.807) is 6.92 Å². The molecule has 220 valence electrons. The third-order valence-electron chi connectivity index (χ3n) is 8.06. The van der Waals surface area contributed by atoms with Crippen molar-refractivity contribution in [1.82, 2.24) is 0 Å². The third kappa shape index (κ3) is 5.71. The van der Waals surface area contributed by atoms with Gasteiger partial charge < -0.3 is 28.2 Å². The van der Waals surface area contributed by atoms with Crippen LogP contribution >= 0.6 is 0 Å². The van der Waals surface area contributed by atoms with Gasteiger partial charge in [0.15, 0.2) is 11.5 Å². The second-order valence-corrected chi connectivity index (χ2v) is 12.3. The number of benzene rings is 1. The molecular formula is C25H26F3O11S-. The Morgan fingerprint density at radius 1 is 1.15 bits per heavy atom. The van der Waals surface area contributed by atoms with Gasteiger partial charge in [0.1, 0.15) is 24.4 Å². The van der Waals surface area contributed by atoms with E-state index in [4.69, 9.17) is 18.9 Å². The molecule has 0 spiro atoms. The normalized spacial score (nSPS) is 30.2. The average Bonchev–Trinajstić information content (AvgIpc) is 3.56. The lowest BCUT2D eigenvalue weighted by Crippen LogP contribution is -2.44. The fraction of sp³-hybridized carbons (Fsp3) is 0.640. The van der Waals surface area contributed by atoms with Crippen molar-refractivity contribution in [3.63, 3.8) is 0 Å². The lowest BCUT2D eigenvalue weighted by molar-refractivity contribution is -0.275. The van der Waals surface area contributed by atoms with Crippen molar-refractivity contribution in [2.75, 3.05) is 12.4 Å². The molecule has 2 bridgehead atoms. The molecule has 0 amide bonds. The Kier molecular flexibility index (Phi) is 7.18. The summed E-state index contributed by atoms with van der Waals surface area (Å²) < 4.78 is 97.5. The number of rotatable bonds is 9. The van der Waals surface area contributed by atoms with Gasteiger partial charge in [0, 0.05) is 11.8 Å². The van der Waals surface area contributed by atoms with Crippen LogP contribution in [0.5, 0.6) is 11.5 Å². The van der Waals surface area contributed by atoms with Crippen molar-refractivity contribution < 1.29 is 64.2 Å². The summed E-state index contributed by atoms with van der Waals surface area (Å²) in [5.74, 6) is -7.43. The van der Waals surface area contributed by atoms with Gasteiger partial charge in [0.2, 0.25) is 0 Å². The largest absolute Gasteiger partial charge is 0.748 e. The van der Waals surface area contributed by atoms with Gasteiger partial charge in [-0.2, -0.15) is 0 Å². The molecule has 15 heteroatoms. The van der Waals surface area contributed by atoms with E-state index in [2.05, 4.69) is 4.74 Å². The zero-order valence-electron chi connectivity index (χ0n) is 21.2. The van der Waals surface area contributed by atoms with E-state index in [0.717, 1.165) is 31.0 Å². The number of carbonyl (C=O) groups excluding carboxylic acids is 3. The average molecular weight is 592 g/mol. The Bertz CT molecular complexity index is 1310. The van der Waals surface area contributed by atoms with E-state index in [9.17, 15) is 40.5 Å². The predicted octanol–water partition coefficient (Wildman–Crippen LogP) is 2.72. The van der Waals surface area contributed by atoms with Crippen LogP contribution in [0.4, 0.5) is 13.2 Å². The van der Waals surface area contributed by atoms with Gasteiger partial charge in [-0.1, -0.05) is 0 Å². The molecule has 1 aromatic rings. The maximum Gasteiger partial charge on any atom is 0.573 e. The Morgan fingerprint density at radius 3 is 2.50 bits per heavy atom. The summed E-state index contributed by atoms with van der Waals surface area (Å²) in [5, 5.41) is 0. The van der Waals surface area contributed by atoms with E-state index >= 15 is 0 Å². The van der Waals surface area contributed by atoms with Gasteiger partial charge in [-0.25, -0.2) is 13.2 Å². The van der Waals surface area contributed by atoms with Crippen molar-refractivity contribution in [2.24, 2.45) is 23.7 Å². The molecule has 1 saturated heterocycles. The quantitative estimate of drug-likeness (QED) is 0.237. The highest BCUT2D eigenvalue weighted by Gasteiger charge is 2.70. The topological polar surface area (TPSA) is 155 Å². The minimum atomic E-state index is -5.00. The van der Waals surface area contributed by atoms with Gasteiger partial charge >= 0.3 is 24.3 Å². The van der Waals surface area contributed by atoms with Crippen molar-refractivity contribution in [3.05, 3.63) is 23.8 Å². The number of alkyl halides is 3. The molecule has 0 N–H and O–H groups in total. The van der Waals surface area contributed by atoms with Crippen LogP contribution in [0.15, 0.2) is 18.2 Å². The van der Waals surface area contributed by atoms with Crippen molar-refractivity contribution in [2.45, 2.75) is 63.2 Å². The number of hydrogen-bond donors (Lipinski definition) is 0. The second kappa shape index (κ2) is 10.1. The maximum atomic E-state index is 13.2. The fourth-order valence-corrected chi connectivity index (χ4v) is 6.70. The summed E-state index contributed by atoms with van der Waals surface area (Å²) in [4.78, 5) is 38.4. The molecule has 4 fully saturated rings. The second-order valence-electron chi connectivity index (χ2n) is 10.8. The Hall–Kier alpha value is -3.07. The monoisotopic (exact) mass is 591 g/mol. The van der Waals surface area contributed by atoms with E-state index in [1.165, 1.54) is 0 Å². The molecule has 1 aliphatic heterocycles. The SMILES string of the molecule is CC1(Oc2cc(C(=O)OC3C4CC5C3OC(=O)C5C4C(=O)OCCS(=O)(=O)[O-])ccc2OC(F)(F)F)CCCC1. The first kappa shape index (κ1) is 28.5. The number of carbonyl (C=O) groups is 3. The zero-order valence-corrected chi connectivity index (χ0v) is 22.0. The molecule has 11 nitrogen and oxygen atoms in total. The first-order chi connectivity index (χ1) is 18.6. The van der Waals surface area contributed by atoms with E-state index in [-0.39, 0.29) is 11.3 Å². The number of hydrogen-bond acceptors (Lipinski definition) is 11. The molecular weight excluding hydrogens is 565 g/mol. The lowest BCUT2D eigenvalue weighted by atomic mass is 9.78. The number of esters is 3. The first-order valence-electron chi connectivity index (χ1n) is 12.7. The van der Waals surface area contributed by atoms with E-state index in [0.29, 0.717) is 19.3 Å². The third-order valence-corrected chi connectivity index (χ3v) is 8.73. The molecule has 6 atom stereocenters. The van der Waals surface area contributed by atoms with Gasteiger partial charge in [-0.15, -0.1) is 13.2 Å². The van der Waals surface area contributed by atoms with Crippen molar-refractivity contribution >= 4 is 28.0 Å². The minimum Gasteiger partial charge on any atom is -0.748 e. The lowest BCUT2D eigenvalue weighted by Gasteiger charge is -2.30. The molecule has 3 aliphatic carbocycles. The standard InChI is InChI=1S/C25H27F3O11S/c1-24(6-2-3-7-24)38-16-10-12(4-5-15(16)39-25(26,27)28)21(29)36-19-13-11-14-18(23(31)37-20(14)19)17(13)22(30)35-8-9-40(32,33)34/h4-5,10,13-14,17-20H,2-3,6-9,11H2,1H3,(H,32,33,34)/p-1. The summed E-state index contributed by atoms with van der Waals surface area (Å²) in [7, 11) is -4.63. The summed E-state index contributed by atoms with van der Waals surface area (Å²) in [5.41, 5.74) is -0.891. The van der Waals surface area contributed by atoms with E-state index in [1.807, 2.05) is 0 Å². The highest BCUT2D eigenvalue weighted by molar-refractivity contribution is 7.85. The Balaban J connectivity index is 1.34. The van der Waals surface area contributed by atoms with Crippen molar-refractivity contribution in [3.8, 4) is 11.5 Å². The molecule has 3 saturated carbocycles. The molecule has 40 heavy (non-hydrogen) atoms. The Labute approximate surface area is 227 Å². The highest BCUT2D eigenvalue weighted by Crippen LogP contribution is 2.59. The van der Waals surface area contributed by atoms with Gasteiger partial charge in [-0.05, 0) is 57.2 Å². The predicted molar refractivity (Wildman–Crippen MR) is 124 cm³/mol. The van der Waals surface area contributed by atoms with Crippen LogP contribution in [0, 0.1) is 23.7 Å². The van der Waals surface area contributed by atoms with Crippen LogP contribution in [0.2, 0.25) is 0 Å². The smallest absolute Gasteiger partial charge is 0.573 e. The van der Waals surface area contributed by atoms with Crippen LogP contribution in [0.3, 0.4) is 0 Å². The first-order valence-corrected chi connectivity index (χ1v) is 14.3. The van der Waals surface area contributed by atoms with Crippen LogP contribution in [-0.4, -0.2) is 67.4 Å². The fourth-order valence-electron chi connectivity index (χ4n) is 6.42. The Morgan fingerprint density at radius 2 is 1.85 bits per heavy atom. The zero-order chi connectivity index (χ0) is 29.0. The van der Waals surface area contributed by atoms with E-state index < -0.39 is 94.0 Å². The van der Waals surface area contributed by atoms with Crippen LogP contribution in [0.25, 0.3) is 0 Å². The molecule has 4 aliphatic rings. The molecule has 0 radical (unpaired) electrons. The van der Waals surface area contributed by atoms with Crippen LogP contribution in [-0.2, 0) is 33.9 Å². The van der Waals surface area contributed by atoms with Crippen LogP contribution in [0.1, 0.15) is 49.4 Å². The molecule has 5 rings (SSSR count). The number of fused-ring (bicyclic) bond motifs is 1. The van der Waals surface area contributed by atoms with Gasteiger partial charge in [0.25, 0.3) is 0 Å². The van der Waals surface area contributed by atoms with Gasteiger partial charge in [0.05, 0.1) is 33.3 Å². The summed E-state index contributed by atoms with van der Waals surface area (Å²) in [6, 6.07) is 3.13. The van der Waals surface area contributed by atoms with Crippen molar-refractivity contribution in [1.29, 1.82) is 0 Å². The van der Waals surface area contributed by atoms with Crippen LogP contribution < -0.4 is 9.47 Å². The molecule has 0 aromatic heterocycles. The molecule has 1 aromatic carbocycles. The van der Waals surface area contributed by atoms with Gasteiger partial charge in [-0.3, -0.25) is 9.59 Å². The molecule has 6 unspecified atom stereocenters. The summed E-state index contributed by atoms with van der Waals surface area (Å²) >= 11 is 0. The maximum absolute atomic E-state index is 13.2. The summed E-state index contributed by atoms with van der Waals surface area (Å²) in [6.45, 7) is 1.07. The number of ether oxygens (including phenoxy) is 5.